The Labute approximate surface area is 113 Å². The van der Waals surface area contributed by atoms with Crippen molar-refractivity contribution >= 4 is 11.8 Å². The molecule has 2 N–H and O–H groups in total. The van der Waals surface area contributed by atoms with Crippen molar-refractivity contribution in [2.24, 2.45) is 0 Å². The van der Waals surface area contributed by atoms with Gasteiger partial charge in [-0.2, -0.15) is 0 Å². The first-order valence-electron chi connectivity index (χ1n) is 6.53. The summed E-state index contributed by atoms with van der Waals surface area (Å²) < 4.78 is 5.42. The smallest absolute Gasteiger partial charge is 0.341 e. The van der Waals surface area contributed by atoms with E-state index in [2.05, 4.69) is 22.2 Å². The molecule has 106 valence electrons. The molecular formula is C13H21N3O3. The summed E-state index contributed by atoms with van der Waals surface area (Å²) in [5, 5.41) is 12.0. The first kappa shape index (κ1) is 15.4. The number of carbonyl (C=O) groups is 1. The zero-order valence-electron chi connectivity index (χ0n) is 11.5. The molecule has 0 spiro atoms. The number of ether oxygens (including phenoxy) is 1. The highest BCUT2D eigenvalue weighted by Crippen LogP contribution is 2.11. The highest BCUT2D eigenvalue weighted by molar-refractivity contribution is 5.92. The number of rotatable bonds is 9. The quantitative estimate of drug-likeness (QED) is 0.666. The number of anilines is 1. The molecule has 0 fully saturated rings. The molecule has 6 heteroatoms. The Morgan fingerprint density at radius 3 is 2.84 bits per heavy atom. The second-order valence-corrected chi connectivity index (χ2v) is 4.23. The number of hydrogen-bond donors (Lipinski definition) is 2. The zero-order valence-corrected chi connectivity index (χ0v) is 11.5. The van der Waals surface area contributed by atoms with Crippen molar-refractivity contribution in [3.05, 3.63) is 17.6 Å². The molecule has 1 heterocycles. The minimum absolute atomic E-state index is 0.0949. The average molecular weight is 267 g/mol. The van der Waals surface area contributed by atoms with E-state index in [0.717, 1.165) is 25.9 Å². The molecule has 0 bridgehead atoms. The number of aryl methyl sites for hydroxylation is 1. The highest BCUT2D eigenvalue weighted by atomic mass is 16.5. The minimum Gasteiger partial charge on any atom is -0.477 e. The molecular weight excluding hydrogens is 246 g/mol. The van der Waals surface area contributed by atoms with E-state index in [1.165, 1.54) is 6.20 Å². The third-order valence-corrected chi connectivity index (χ3v) is 2.54. The molecule has 0 saturated heterocycles. The number of carboxylic acid groups (broad SMARTS) is 1. The van der Waals surface area contributed by atoms with Gasteiger partial charge in [-0.1, -0.05) is 13.3 Å². The molecule has 0 amide bonds. The highest BCUT2D eigenvalue weighted by Gasteiger charge is 2.11. The second-order valence-electron chi connectivity index (χ2n) is 4.23. The normalized spacial score (nSPS) is 10.4. The summed E-state index contributed by atoms with van der Waals surface area (Å²) in [6.07, 6.45) is 4.33. The van der Waals surface area contributed by atoms with E-state index in [9.17, 15) is 4.79 Å². The number of nitrogens with one attached hydrogen (secondary N) is 1. The molecule has 1 aromatic rings. The van der Waals surface area contributed by atoms with Crippen LogP contribution in [0.3, 0.4) is 0 Å². The van der Waals surface area contributed by atoms with Crippen LogP contribution in [0.4, 0.5) is 5.82 Å². The molecule has 1 rings (SSSR count). The van der Waals surface area contributed by atoms with Gasteiger partial charge < -0.3 is 15.2 Å². The van der Waals surface area contributed by atoms with E-state index in [0.29, 0.717) is 24.8 Å². The van der Waals surface area contributed by atoms with E-state index in [1.807, 2.05) is 0 Å². The third kappa shape index (κ3) is 5.65. The lowest BCUT2D eigenvalue weighted by molar-refractivity contribution is 0.0697. The second kappa shape index (κ2) is 8.42. The maximum atomic E-state index is 11.0. The van der Waals surface area contributed by atoms with Gasteiger partial charge in [0.1, 0.15) is 17.2 Å². The lowest BCUT2D eigenvalue weighted by Gasteiger charge is -2.09. The Morgan fingerprint density at radius 1 is 1.42 bits per heavy atom. The summed E-state index contributed by atoms with van der Waals surface area (Å²) in [5.74, 6) is -0.109. The van der Waals surface area contributed by atoms with Crippen LogP contribution in [-0.4, -0.2) is 40.8 Å². The molecule has 0 unspecified atom stereocenters. The number of carboxylic acids is 1. The fraction of sp³-hybridized carbons (Fsp3) is 0.615. The maximum Gasteiger partial charge on any atom is 0.341 e. The van der Waals surface area contributed by atoms with Gasteiger partial charge >= 0.3 is 5.97 Å². The van der Waals surface area contributed by atoms with Gasteiger partial charge in [0, 0.05) is 26.0 Å². The maximum absolute atomic E-state index is 11.0. The SMILES string of the molecule is CCCCOCCCNc1nc(C)ncc1C(=O)O. The molecule has 19 heavy (non-hydrogen) atoms. The molecule has 0 aliphatic rings. The Bertz CT molecular complexity index is 410. The van der Waals surface area contributed by atoms with Gasteiger partial charge in [-0.3, -0.25) is 0 Å². The third-order valence-electron chi connectivity index (χ3n) is 2.54. The van der Waals surface area contributed by atoms with Crippen molar-refractivity contribution in [3.8, 4) is 0 Å². The minimum atomic E-state index is -1.03. The van der Waals surface area contributed by atoms with Crippen LogP contribution in [0.5, 0.6) is 0 Å². The van der Waals surface area contributed by atoms with Gasteiger partial charge in [0.25, 0.3) is 0 Å². The van der Waals surface area contributed by atoms with Crippen LogP contribution in [0.25, 0.3) is 0 Å². The Balaban J connectivity index is 2.36. The first-order chi connectivity index (χ1) is 9.15. The van der Waals surface area contributed by atoms with Crippen molar-refractivity contribution in [2.45, 2.75) is 33.1 Å². The summed E-state index contributed by atoms with van der Waals surface area (Å²) in [6, 6.07) is 0. The number of aromatic nitrogens is 2. The lowest BCUT2D eigenvalue weighted by atomic mass is 10.3. The molecule has 0 saturated carbocycles. The summed E-state index contributed by atoms with van der Waals surface area (Å²) in [6.45, 7) is 5.92. The Hall–Kier alpha value is -1.69. The van der Waals surface area contributed by atoms with Gasteiger partial charge in [-0.15, -0.1) is 0 Å². The van der Waals surface area contributed by atoms with Crippen molar-refractivity contribution < 1.29 is 14.6 Å². The Morgan fingerprint density at radius 2 is 2.16 bits per heavy atom. The lowest BCUT2D eigenvalue weighted by Crippen LogP contribution is -2.12. The van der Waals surface area contributed by atoms with Crippen LogP contribution in [0.1, 0.15) is 42.4 Å². The topological polar surface area (TPSA) is 84.3 Å². The van der Waals surface area contributed by atoms with E-state index in [4.69, 9.17) is 9.84 Å². The fourth-order valence-corrected chi connectivity index (χ4v) is 1.49. The van der Waals surface area contributed by atoms with E-state index in [1.54, 1.807) is 6.92 Å². The molecule has 0 aromatic carbocycles. The summed E-state index contributed by atoms with van der Waals surface area (Å²) in [5.41, 5.74) is 0.0949. The fourth-order valence-electron chi connectivity index (χ4n) is 1.49. The predicted octanol–water partition coefficient (Wildman–Crippen LogP) is 2.10. The number of hydrogen-bond acceptors (Lipinski definition) is 5. The molecule has 6 nitrogen and oxygen atoms in total. The van der Waals surface area contributed by atoms with Gasteiger partial charge in [-0.25, -0.2) is 14.8 Å². The standard InChI is InChI=1S/C13H21N3O3/c1-3-4-7-19-8-5-6-14-12-11(13(17)18)9-15-10(2)16-12/h9H,3-8H2,1-2H3,(H,17,18)(H,14,15,16). The molecule has 0 aliphatic heterocycles. The molecule has 0 aliphatic carbocycles. The number of unbranched alkanes of at least 4 members (excludes halogenated alkanes) is 1. The number of nitrogens with zero attached hydrogens (tertiary/aromatic N) is 2. The van der Waals surface area contributed by atoms with E-state index in [-0.39, 0.29) is 5.56 Å². The van der Waals surface area contributed by atoms with Gasteiger partial charge in [0.15, 0.2) is 0 Å². The van der Waals surface area contributed by atoms with Crippen LogP contribution in [0.15, 0.2) is 6.20 Å². The zero-order chi connectivity index (χ0) is 14.1. The van der Waals surface area contributed by atoms with Crippen molar-refractivity contribution in [1.82, 2.24) is 9.97 Å². The molecule has 0 atom stereocenters. The molecule has 1 aromatic heterocycles. The van der Waals surface area contributed by atoms with Gasteiger partial charge in [0.05, 0.1) is 0 Å². The summed E-state index contributed by atoms with van der Waals surface area (Å²) in [7, 11) is 0. The first-order valence-corrected chi connectivity index (χ1v) is 6.53. The monoisotopic (exact) mass is 267 g/mol. The van der Waals surface area contributed by atoms with Crippen molar-refractivity contribution in [3.63, 3.8) is 0 Å². The van der Waals surface area contributed by atoms with Gasteiger partial charge in [0.2, 0.25) is 0 Å². The largest absolute Gasteiger partial charge is 0.477 e. The van der Waals surface area contributed by atoms with Gasteiger partial charge in [-0.05, 0) is 19.8 Å². The van der Waals surface area contributed by atoms with Crippen LogP contribution in [0.2, 0.25) is 0 Å². The summed E-state index contributed by atoms with van der Waals surface area (Å²) >= 11 is 0. The van der Waals surface area contributed by atoms with E-state index >= 15 is 0 Å². The Kier molecular flexibility index (Phi) is 6.81. The molecule has 0 radical (unpaired) electrons. The number of aromatic carboxylic acids is 1. The predicted molar refractivity (Wildman–Crippen MR) is 72.6 cm³/mol. The van der Waals surface area contributed by atoms with Crippen molar-refractivity contribution in [1.29, 1.82) is 0 Å². The van der Waals surface area contributed by atoms with Crippen molar-refractivity contribution in [2.75, 3.05) is 25.1 Å². The van der Waals surface area contributed by atoms with E-state index < -0.39 is 5.97 Å². The van der Waals surface area contributed by atoms with Crippen LogP contribution in [0, 0.1) is 6.92 Å². The van der Waals surface area contributed by atoms with Crippen LogP contribution < -0.4 is 5.32 Å². The van der Waals surface area contributed by atoms with Crippen LogP contribution >= 0.6 is 0 Å². The summed E-state index contributed by atoms with van der Waals surface area (Å²) in [4.78, 5) is 19.0. The average Bonchev–Trinajstić information content (AvgIpc) is 2.37. The van der Waals surface area contributed by atoms with Crippen LogP contribution in [-0.2, 0) is 4.74 Å².